The molecule has 1 fully saturated rings. The number of thiophene rings is 1. The first-order chi connectivity index (χ1) is 13.2. The Morgan fingerprint density at radius 2 is 2.07 bits per heavy atom. The highest BCUT2D eigenvalue weighted by Gasteiger charge is 2.22. The molecular weight excluding hydrogens is 364 g/mol. The van der Waals surface area contributed by atoms with E-state index in [2.05, 4.69) is 20.5 Å². The molecule has 3 aromatic heterocycles. The van der Waals surface area contributed by atoms with E-state index in [9.17, 15) is 5.11 Å². The number of nitrogens with zero attached hydrogens (tertiary/aromatic N) is 4. The highest BCUT2D eigenvalue weighted by molar-refractivity contribution is 7.19. The Morgan fingerprint density at radius 1 is 1.22 bits per heavy atom. The number of rotatable bonds is 3. The quantitative estimate of drug-likeness (QED) is 0.634. The van der Waals surface area contributed by atoms with E-state index < -0.39 is 6.10 Å². The number of morpholine rings is 1. The zero-order chi connectivity index (χ0) is 18.4. The average molecular weight is 384 g/mol. The normalized spacial score (nSPS) is 17.5. The Kier molecular flexibility index (Phi) is 4.07. The van der Waals surface area contributed by atoms with Gasteiger partial charge in [0.2, 0.25) is 0 Å². The van der Waals surface area contributed by atoms with Crippen molar-refractivity contribution in [3.05, 3.63) is 23.2 Å². The summed E-state index contributed by atoms with van der Waals surface area (Å²) in [7, 11) is 0. The van der Waals surface area contributed by atoms with E-state index in [0.717, 1.165) is 51.1 Å². The van der Waals surface area contributed by atoms with Gasteiger partial charge in [-0.15, -0.1) is 11.3 Å². The molecule has 1 saturated heterocycles. The van der Waals surface area contributed by atoms with E-state index in [-0.39, 0.29) is 0 Å². The van der Waals surface area contributed by atoms with Crippen molar-refractivity contribution < 1.29 is 9.84 Å². The summed E-state index contributed by atoms with van der Waals surface area (Å²) >= 11 is 1.55. The molecular formula is C18H20N6O2S. The predicted molar refractivity (Wildman–Crippen MR) is 106 cm³/mol. The number of aliphatic hydroxyl groups is 1. The lowest BCUT2D eigenvalue weighted by atomic mass is 10.2. The molecule has 2 aliphatic rings. The molecule has 3 aromatic rings. The van der Waals surface area contributed by atoms with Crippen LogP contribution < -0.4 is 15.5 Å². The minimum absolute atomic E-state index is 0.526. The topological polar surface area (TPSA) is 95.4 Å². The molecule has 0 saturated carbocycles. The average Bonchev–Trinajstić information content (AvgIpc) is 3.34. The molecule has 0 spiro atoms. The first-order valence-electron chi connectivity index (χ1n) is 8.99. The molecule has 0 bridgehead atoms. The van der Waals surface area contributed by atoms with Gasteiger partial charge < -0.3 is 25.4 Å². The lowest BCUT2D eigenvalue weighted by Gasteiger charge is -2.28. The van der Waals surface area contributed by atoms with Gasteiger partial charge in [-0.25, -0.2) is 15.0 Å². The largest absolute Gasteiger partial charge is 0.388 e. The molecule has 2 aliphatic heterocycles. The minimum atomic E-state index is -0.526. The Hall–Kier alpha value is -2.49. The van der Waals surface area contributed by atoms with Crippen LogP contribution in [0.25, 0.3) is 21.6 Å². The second kappa shape index (κ2) is 6.59. The second-order valence-corrected chi connectivity index (χ2v) is 7.74. The van der Waals surface area contributed by atoms with Crippen molar-refractivity contribution in [1.29, 1.82) is 0 Å². The van der Waals surface area contributed by atoms with E-state index >= 15 is 0 Å². The molecule has 27 heavy (non-hydrogen) atoms. The Balaban J connectivity index is 1.66. The maximum Gasteiger partial charge on any atom is 0.163 e. The second-order valence-electron chi connectivity index (χ2n) is 6.66. The number of ether oxygens (including phenoxy) is 1. The van der Waals surface area contributed by atoms with Gasteiger partial charge in [0.1, 0.15) is 0 Å². The summed E-state index contributed by atoms with van der Waals surface area (Å²) in [6.45, 7) is 5.41. The molecule has 1 atom stereocenters. The summed E-state index contributed by atoms with van der Waals surface area (Å²) in [5, 5.41) is 16.5. The standard InChI is InChI=1S/C18H20N6O2S/c1-10(25)14-7-12-15(27-14)18(24-2-4-26-5-3-24)23-16(22-12)11-6-13-17(19-8-11)21-9-20-13/h6-8,10,20,25H,2-5,9H2,1H3,(H,19,21). The molecule has 9 heteroatoms. The molecule has 0 amide bonds. The third kappa shape index (κ3) is 2.97. The van der Waals surface area contributed by atoms with Crippen LogP contribution in [0.5, 0.6) is 0 Å². The fourth-order valence-corrected chi connectivity index (χ4v) is 4.40. The Morgan fingerprint density at radius 3 is 2.89 bits per heavy atom. The van der Waals surface area contributed by atoms with Crippen LogP contribution >= 0.6 is 11.3 Å². The number of aromatic nitrogens is 3. The molecule has 0 aliphatic carbocycles. The van der Waals surface area contributed by atoms with Crippen LogP contribution in [0.2, 0.25) is 0 Å². The molecule has 3 N–H and O–H groups in total. The number of hydrogen-bond donors (Lipinski definition) is 3. The monoisotopic (exact) mass is 384 g/mol. The van der Waals surface area contributed by atoms with Gasteiger partial charge in [0, 0.05) is 29.7 Å². The molecule has 5 rings (SSSR count). The molecule has 1 unspecified atom stereocenters. The SMILES string of the molecule is CC(O)c1cc2nc(-c3cnc4c(c3)NCN4)nc(N3CCOCC3)c2s1. The summed E-state index contributed by atoms with van der Waals surface area (Å²) in [4.78, 5) is 17.3. The van der Waals surface area contributed by atoms with Crippen LogP contribution in [0, 0.1) is 0 Å². The number of fused-ring (bicyclic) bond motifs is 2. The van der Waals surface area contributed by atoms with Crippen molar-refractivity contribution in [2.75, 3.05) is 48.5 Å². The highest BCUT2D eigenvalue weighted by atomic mass is 32.1. The summed E-state index contributed by atoms with van der Waals surface area (Å²) < 4.78 is 6.50. The van der Waals surface area contributed by atoms with Crippen molar-refractivity contribution in [2.45, 2.75) is 13.0 Å². The van der Waals surface area contributed by atoms with Crippen LogP contribution in [0.1, 0.15) is 17.9 Å². The minimum Gasteiger partial charge on any atom is -0.388 e. The van der Waals surface area contributed by atoms with E-state index in [1.165, 1.54) is 0 Å². The molecule has 8 nitrogen and oxygen atoms in total. The van der Waals surface area contributed by atoms with Crippen LogP contribution in [0.4, 0.5) is 17.3 Å². The van der Waals surface area contributed by atoms with Crippen molar-refractivity contribution in [3.63, 3.8) is 0 Å². The lowest BCUT2D eigenvalue weighted by molar-refractivity contribution is 0.122. The van der Waals surface area contributed by atoms with Gasteiger partial charge in [-0.05, 0) is 19.1 Å². The number of pyridine rings is 1. The zero-order valence-electron chi connectivity index (χ0n) is 14.9. The number of hydrogen-bond acceptors (Lipinski definition) is 9. The lowest BCUT2D eigenvalue weighted by Crippen LogP contribution is -2.36. The Bertz CT molecular complexity index is 999. The highest BCUT2D eigenvalue weighted by Crippen LogP contribution is 2.37. The number of nitrogens with one attached hydrogen (secondary N) is 2. The zero-order valence-corrected chi connectivity index (χ0v) is 15.7. The van der Waals surface area contributed by atoms with Crippen molar-refractivity contribution in [1.82, 2.24) is 15.0 Å². The van der Waals surface area contributed by atoms with E-state index in [1.54, 1.807) is 24.5 Å². The summed E-state index contributed by atoms with van der Waals surface area (Å²) in [5.74, 6) is 2.39. The van der Waals surface area contributed by atoms with E-state index in [4.69, 9.17) is 14.7 Å². The Labute approximate surface area is 160 Å². The third-order valence-corrected chi connectivity index (χ3v) is 6.07. The summed E-state index contributed by atoms with van der Waals surface area (Å²) in [5.41, 5.74) is 2.68. The summed E-state index contributed by atoms with van der Waals surface area (Å²) in [6.07, 6.45) is 1.27. The molecule has 5 heterocycles. The van der Waals surface area contributed by atoms with E-state index in [1.807, 2.05) is 12.1 Å². The van der Waals surface area contributed by atoms with Gasteiger partial charge in [0.15, 0.2) is 17.5 Å². The van der Waals surface area contributed by atoms with Crippen molar-refractivity contribution >= 4 is 38.9 Å². The predicted octanol–water partition coefficient (Wildman–Crippen LogP) is 2.44. The first-order valence-corrected chi connectivity index (χ1v) is 9.81. The van der Waals surface area contributed by atoms with Crippen LogP contribution in [-0.4, -0.2) is 53.0 Å². The van der Waals surface area contributed by atoms with Crippen molar-refractivity contribution in [2.24, 2.45) is 0 Å². The molecule has 140 valence electrons. The fourth-order valence-electron chi connectivity index (χ4n) is 3.34. The molecule has 0 aromatic carbocycles. The number of anilines is 3. The van der Waals surface area contributed by atoms with Crippen LogP contribution in [0.15, 0.2) is 18.3 Å². The van der Waals surface area contributed by atoms with Gasteiger partial charge in [0.05, 0.1) is 41.9 Å². The first kappa shape index (κ1) is 16.7. The smallest absolute Gasteiger partial charge is 0.163 e. The third-order valence-electron chi connectivity index (χ3n) is 4.78. The van der Waals surface area contributed by atoms with Crippen molar-refractivity contribution in [3.8, 4) is 11.4 Å². The fraction of sp³-hybridized carbons (Fsp3) is 0.389. The van der Waals surface area contributed by atoms with Gasteiger partial charge >= 0.3 is 0 Å². The molecule has 0 radical (unpaired) electrons. The van der Waals surface area contributed by atoms with Gasteiger partial charge in [-0.3, -0.25) is 0 Å². The van der Waals surface area contributed by atoms with E-state index in [0.29, 0.717) is 25.7 Å². The van der Waals surface area contributed by atoms with Crippen LogP contribution in [0.3, 0.4) is 0 Å². The van der Waals surface area contributed by atoms with Gasteiger partial charge in [-0.1, -0.05) is 0 Å². The van der Waals surface area contributed by atoms with Gasteiger partial charge in [0.25, 0.3) is 0 Å². The van der Waals surface area contributed by atoms with Crippen LogP contribution in [-0.2, 0) is 4.74 Å². The maximum atomic E-state index is 10.0. The maximum absolute atomic E-state index is 10.0. The number of aliphatic hydroxyl groups excluding tert-OH is 1. The summed E-state index contributed by atoms with van der Waals surface area (Å²) in [6, 6.07) is 3.98. The van der Waals surface area contributed by atoms with Gasteiger partial charge in [-0.2, -0.15) is 0 Å².